The summed E-state index contributed by atoms with van der Waals surface area (Å²) < 4.78 is 78.5. The second-order valence-corrected chi connectivity index (χ2v) is 8.70. The molecule has 1 N–H and O–H groups in total. The molecule has 1 aliphatic heterocycles. The van der Waals surface area contributed by atoms with E-state index in [0.29, 0.717) is 0 Å². The van der Waals surface area contributed by atoms with Gasteiger partial charge in [0.1, 0.15) is 0 Å². The number of alkyl halides is 4. The van der Waals surface area contributed by atoms with Crippen LogP contribution in [0.5, 0.6) is 0 Å². The molecule has 6 nitrogen and oxygen atoms in total. The van der Waals surface area contributed by atoms with Gasteiger partial charge in [0.2, 0.25) is 5.96 Å². The summed E-state index contributed by atoms with van der Waals surface area (Å²) in [5.41, 5.74) is -1.17. The van der Waals surface area contributed by atoms with Crippen LogP contribution >= 0.6 is 11.6 Å². The Morgan fingerprint density at radius 2 is 2.10 bits per heavy atom. The lowest BCUT2D eigenvalue weighted by Gasteiger charge is -2.28. The summed E-state index contributed by atoms with van der Waals surface area (Å²) in [4.78, 5) is 3.96. The standard InChI is InChI=1S/C17H21ClF4N4O2S/c1-2-23-15(25-29(27,28)14-5-3-4-13(18)10-14)26-12-16(8-9-19,11-24-26)6-7-17(20,21)22/h3-5,10-11H,2,6-9,12H2,1H3,(H,23,25). The van der Waals surface area contributed by atoms with Crippen LogP contribution in [0.4, 0.5) is 17.6 Å². The lowest BCUT2D eigenvalue weighted by atomic mass is 9.82. The summed E-state index contributed by atoms with van der Waals surface area (Å²) in [5, 5.41) is 5.38. The third kappa shape index (κ3) is 6.56. The zero-order valence-corrected chi connectivity index (χ0v) is 17.2. The number of sulfonamides is 1. The molecule has 1 aromatic rings. The largest absolute Gasteiger partial charge is 0.389 e. The van der Waals surface area contributed by atoms with E-state index in [1.165, 1.54) is 30.5 Å². The van der Waals surface area contributed by atoms with E-state index >= 15 is 0 Å². The molecule has 12 heteroatoms. The summed E-state index contributed by atoms with van der Waals surface area (Å²) in [6, 6.07) is 5.56. The molecule has 1 heterocycles. The Hall–Kier alpha value is -1.88. The van der Waals surface area contributed by atoms with Gasteiger partial charge in [0.25, 0.3) is 10.0 Å². The van der Waals surface area contributed by atoms with Crippen molar-refractivity contribution in [3.8, 4) is 0 Å². The van der Waals surface area contributed by atoms with Crippen LogP contribution in [0, 0.1) is 5.41 Å². The van der Waals surface area contributed by atoms with E-state index in [9.17, 15) is 26.0 Å². The highest BCUT2D eigenvalue weighted by atomic mass is 35.5. The summed E-state index contributed by atoms with van der Waals surface area (Å²) in [5.74, 6) is -0.156. The Labute approximate surface area is 171 Å². The first-order chi connectivity index (χ1) is 13.5. The van der Waals surface area contributed by atoms with Gasteiger partial charge in [-0.25, -0.2) is 18.1 Å². The molecule has 0 aromatic heterocycles. The van der Waals surface area contributed by atoms with Gasteiger partial charge in [-0.1, -0.05) is 17.7 Å². The maximum Gasteiger partial charge on any atom is 0.389 e. The van der Waals surface area contributed by atoms with Crippen molar-refractivity contribution in [1.29, 1.82) is 0 Å². The highest BCUT2D eigenvalue weighted by Crippen LogP contribution is 2.36. The average molecular weight is 457 g/mol. The van der Waals surface area contributed by atoms with E-state index in [2.05, 4.69) is 14.8 Å². The number of halogens is 5. The number of hydrogen-bond acceptors (Lipinski definition) is 4. The van der Waals surface area contributed by atoms with Gasteiger partial charge in [-0.3, -0.25) is 9.38 Å². The molecule has 2 rings (SSSR count). The number of guanidine groups is 1. The number of nitrogens with zero attached hydrogens (tertiary/aromatic N) is 3. The molecule has 0 saturated carbocycles. The van der Waals surface area contributed by atoms with Crippen molar-refractivity contribution >= 4 is 33.8 Å². The summed E-state index contributed by atoms with van der Waals surface area (Å²) >= 11 is 5.84. The van der Waals surface area contributed by atoms with E-state index in [0.717, 1.165) is 5.01 Å². The minimum Gasteiger partial charge on any atom is -0.251 e. The van der Waals surface area contributed by atoms with Crippen LogP contribution in [0.3, 0.4) is 0 Å². The van der Waals surface area contributed by atoms with E-state index in [1.807, 2.05) is 0 Å². The van der Waals surface area contributed by atoms with Gasteiger partial charge in [-0.15, -0.1) is 0 Å². The van der Waals surface area contributed by atoms with Crippen molar-refractivity contribution in [2.75, 3.05) is 19.8 Å². The molecular weight excluding hydrogens is 436 g/mol. The molecule has 29 heavy (non-hydrogen) atoms. The van der Waals surface area contributed by atoms with Gasteiger partial charge >= 0.3 is 6.18 Å². The smallest absolute Gasteiger partial charge is 0.251 e. The van der Waals surface area contributed by atoms with Crippen LogP contribution in [0.2, 0.25) is 5.02 Å². The molecule has 1 aliphatic rings. The van der Waals surface area contributed by atoms with Crippen LogP contribution in [0.1, 0.15) is 26.2 Å². The summed E-state index contributed by atoms with van der Waals surface area (Å²) in [7, 11) is -4.06. The minimum atomic E-state index is -4.39. The topological polar surface area (TPSA) is 74.1 Å². The molecule has 0 amide bonds. The molecule has 1 atom stereocenters. The molecule has 0 saturated heterocycles. The quantitative estimate of drug-likeness (QED) is 0.383. The summed E-state index contributed by atoms with van der Waals surface area (Å²) in [6.07, 6.45) is -4.76. The number of hydrogen-bond donors (Lipinski definition) is 1. The van der Waals surface area contributed by atoms with Gasteiger partial charge in [0.05, 0.1) is 18.1 Å². The third-order valence-corrected chi connectivity index (χ3v) is 5.88. The maximum atomic E-state index is 13.0. The zero-order valence-electron chi connectivity index (χ0n) is 15.6. The Morgan fingerprint density at radius 3 is 2.69 bits per heavy atom. The first-order valence-electron chi connectivity index (χ1n) is 8.78. The Morgan fingerprint density at radius 1 is 1.38 bits per heavy atom. The molecule has 0 bridgehead atoms. The molecule has 0 aliphatic carbocycles. The lowest BCUT2D eigenvalue weighted by Crippen LogP contribution is -2.43. The normalized spacial score (nSPS) is 20.3. The van der Waals surface area contributed by atoms with Crippen LogP contribution in [-0.4, -0.2) is 51.5 Å². The highest BCUT2D eigenvalue weighted by Gasteiger charge is 2.40. The molecule has 1 unspecified atom stereocenters. The monoisotopic (exact) mass is 456 g/mol. The number of hydrazone groups is 1. The SMILES string of the molecule is CCN=C(NS(=O)(=O)c1cccc(Cl)c1)N1CC(CCF)(CCC(F)(F)F)C=N1. The number of benzene rings is 1. The molecule has 0 radical (unpaired) electrons. The van der Waals surface area contributed by atoms with E-state index < -0.39 is 34.7 Å². The van der Waals surface area contributed by atoms with Crippen molar-refractivity contribution in [3.05, 3.63) is 29.3 Å². The highest BCUT2D eigenvalue weighted by molar-refractivity contribution is 7.90. The predicted molar refractivity (Wildman–Crippen MR) is 103 cm³/mol. The van der Waals surface area contributed by atoms with Crippen molar-refractivity contribution in [2.45, 2.75) is 37.3 Å². The maximum absolute atomic E-state index is 13.0. The van der Waals surface area contributed by atoms with Crippen molar-refractivity contribution < 1.29 is 26.0 Å². The molecule has 0 fully saturated rings. The third-order valence-electron chi connectivity index (χ3n) is 4.32. The number of rotatable bonds is 7. The second kappa shape index (κ2) is 9.29. The van der Waals surface area contributed by atoms with Crippen molar-refractivity contribution in [2.24, 2.45) is 15.5 Å². The fourth-order valence-corrected chi connectivity index (χ4v) is 4.15. The molecule has 162 valence electrons. The van der Waals surface area contributed by atoms with Crippen LogP contribution in [-0.2, 0) is 10.0 Å². The fraction of sp³-hybridized carbons (Fsp3) is 0.529. The minimum absolute atomic E-state index is 0.107. The van der Waals surface area contributed by atoms with E-state index in [-0.39, 0.29) is 41.8 Å². The first-order valence-corrected chi connectivity index (χ1v) is 10.6. The van der Waals surface area contributed by atoms with E-state index in [1.54, 1.807) is 6.92 Å². The van der Waals surface area contributed by atoms with Gasteiger partial charge in [0, 0.05) is 29.6 Å². The fourth-order valence-electron chi connectivity index (χ4n) is 2.82. The molecular formula is C17H21ClF4N4O2S. The van der Waals surface area contributed by atoms with Crippen molar-refractivity contribution in [3.63, 3.8) is 0 Å². The van der Waals surface area contributed by atoms with Crippen molar-refractivity contribution in [1.82, 2.24) is 9.73 Å². The summed E-state index contributed by atoms with van der Waals surface area (Å²) in [6.45, 7) is 0.903. The van der Waals surface area contributed by atoms with Gasteiger partial charge in [0.15, 0.2) is 0 Å². The predicted octanol–water partition coefficient (Wildman–Crippen LogP) is 3.98. The van der Waals surface area contributed by atoms with E-state index in [4.69, 9.17) is 11.6 Å². The Bertz CT molecular complexity index is 876. The number of nitrogens with one attached hydrogen (secondary N) is 1. The Kier molecular flexibility index (Phi) is 7.50. The lowest BCUT2D eigenvalue weighted by molar-refractivity contribution is -0.139. The number of aliphatic imine (C=N–C) groups is 1. The molecule has 0 spiro atoms. The first kappa shape index (κ1) is 23.4. The zero-order chi connectivity index (χ0) is 21.7. The van der Waals surface area contributed by atoms with Crippen LogP contribution < -0.4 is 4.72 Å². The van der Waals surface area contributed by atoms with Crippen LogP contribution in [0.15, 0.2) is 39.3 Å². The van der Waals surface area contributed by atoms with Gasteiger partial charge in [-0.05, 0) is 38.0 Å². The Balaban J connectivity index is 2.21. The second-order valence-electron chi connectivity index (χ2n) is 6.58. The van der Waals surface area contributed by atoms with Crippen LogP contribution in [0.25, 0.3) is 0 Å². The average Bonchev–Trinajstić information content (AvgIpc) is 3.04. The molecule has 1 aromatic carbocycles. The van der Waals surface area contributed by atoms with Gasteiger partial charge < -0.3 is 0 Å². The van der Waals surface area contributed by atoms with Gasteiger partial charge in [-0.2, -0.15) is 18.3 Å².